The molecule has 2 aromatic rings. The van der Waals surface area contributed by atoms with Crippen molar-refractivity contribution in [3.8, 4) is 0 Å². The average Bonchev–Trinajstić information content (AvgIpc) is 2.42. The van der Waals surface area contributed by atoms with Crippen molar-refractivity contribution in [1.82, 2.24) is 0 Å². The molecule has 21 heavy (non-hydrogen) atoms. The fraction of sp³-hybridized carbons (Fsp3) is 0.143. The lowest BCUT2D eigenvalue weighted by molar-refractivity contribution is -0.384. The van der Waals surface area contributed by atoms with Gasteiger partial charge in [-0.05, 0) is 42.3 Å². The molecule has 0 spiro atoms. The number of benzene rings is 2. The number of nitrogens with one attached hydrogen (secondary N) is 1. The van der Waals surface area contributed by atoms with Crippen LogP contribution < -0.4 is 5.32 Å². The van der Waals surface area contributed by atoms with Gasteiger partial charge in [0.2, 0.25) is 0 Å². The minimum atomic E-state index is -0.496. The first kappa shape index (κ1) is 16.1. The molecular weight excluding hydrogens is 379 g/mol. The Balaban J connectivity index is 2.22. The first-order valence-corrected chi connectivity index (χ1v) is 7.55. The number of nitro groups is 1. The molecule has 0 unspecified atom stereocenters. The van der Waals surface area contributed by atoms with Crippen LogP contribution in [0.1, 0.15) is 11.1 Å². The molecule has 0 saturated carbocycles. The molecule has 0 bridgehead atoms. The summed E-state index contributed by atoms with van der Waals surface area (Å²) in [7, 11) is 0. The molecule has 0 aromatic heterocycles. The minimum Gasteiger partial charge on any atom is -0.381 e. The molecule has 0 aliphatic carbocycles. The fourth-order valence-corrected chi connectivity index (χ4v) is 2.69. The topological polar surface area (TPSA) is 55.2 Å². The van der Waals surface area contributed by atoms with Crippen LogP contribution >= 0.6 is 39.1 Å². The van der Waals surface area contributed by atoms with Gasteiger partial charge in [-0.2, -0.15) is 0 Å². The molecule has 7 heteroatoms. The summed E-state index contributed by atoms with van der Waals surface area (Å²) in [5.74, 6) is 0. The van der Waals surface area contributed by atoms with E-state index < -0.39 is 4.92 Å². The highest BCUT2D eigenvalue weighted by atomic mass is 79.9. The Morgan fingerprint density at radius 1 is 1.24 bits per heavy atom. The van der Waals surface area contributed by atoms with Crippen LogP contribution in [0.3, 0.4) is 0 Å². The number of anilines is 1. The molecule has 0 aliphatic heterocycles. The van der Waals surface area contributed by atoms with Gasteiger partial charge in [-0.15, -0.1) is 0 Å². The van der Waals surface area contributed by atoms with E-state index in [1.54, 1.807) is 19.1 Å². The summed E-state index contributed by atoms with van der Waals surface area (Å²) in [4.78, 5) is 10.3. The summed E-state index contributed by atoms with van der Waals surface area (Å²) in [6.07, 6.45) is 0. The zero-order valence-electron chi connectivity index (χ0n) is 11.0. The molecule has 0 fully saturated rings. The van der Waals surface area contributed by atoms with E-state index in [9.17, 15) is 10.1 Å². The van der Waals surface area contributed by atoms with Gasteiger partial charge in [0.05, 0.1) is 4.92 Å². The molecule has 2 rings (SSSR count). The van der Waals surface area contributed by atoms with Crippen molar-refractivity contribution in [1.29, 1.82) is 0 Å². The van der Waals surface area contributed by atoms with E-state index in [4.69, 9.17) is 23.2 Å². The summed E-state index contributed by atoms with van der Waals surface area (Å²) in [5.41, 5.74) is 2.30. The van der Waals surface area contributed by atoms with Gasteiger partial charge in [0, 0.05) is 27.8 Å². The van der Waals surface area contributed by atoms with Crippen LogP contribution in [0.5, 0.6) is 0 Å². The summed E-state index contributed by atoms with van der Waals surface area (Å²) in [5, 5.41) is 14.8. The average molecular weight is 390 g/mol. The van der Waals surface area contributed by atoms with Crippen molar-refractivity contribution in [2.45, 2.75) is 13.5 Å². The van der Waals surface area contributed by atoms with Crippen LogP contribution in [-0.2, 0) is 6.54 Å². The molecular formula is C14H11BrCl2N2O2. The number of halogens is 3. The van der Waals surface area contributed by atoms with Crippen molar-refractivity contribution < 1.29 is 4.92 Å². The highest BCUT2D eigenvalue weighted by Gasteiger charge is 2.15. The number of hydrogen-bond acceptors (Lipinski definition) is 3. The first-order valence-electron chi connectivity index (χ1n) is 6.01. The van der Waals surface area contributed by atoms with Crippen molar-refractivity contribution in [3.05, 3.63) is 66.1 Å². The third-order valence-electron chi connectivity index (χ3n) is 2.97. The van der Waals surface area contributed by atoms with E-state index in [-0.39, 0.29) is 10.7 Å². The highest BCUT2D eigenvalue weighted by molar-refractivity contribution is 9.10. The summed E-state index contributed by atoms with van der Waals surface area (Å²) >= 11 is 15.4. The molecule has 0 aliphatic rings. The molecule has 0 radical (unpaired) electrons. The zero-order chi connectivity index (χ0) is 15.6. The Bertz CT molecular complexity index is 708. The molecule has 0 atom stereocenters. The predicted octanol–water partition coefficient (Wildman–Crippen LogP) is 5.58. The van der Waals surface area contributed by atoms with Gasteiger partial charge in [-0.3, -0.25) is 10.1 Å². The monoisotopic (exact) mass is 388 g/mol. The summed E-state index contributed by atoms with van der Waals surface area (Å²) < 4.78 is 0.933. The Labute approximate surface area is 140 Å². The molecule has 110 valence electrons. The number of nitrogens with zero attached hydrogens (tertiary/aromatic N) is 1. The van der Waals surface area contributed by atoms with Crippen molar-refractivity contribution in [2.24, 2.45) is 0 Å². The largest absolute Gasteiger partial charge is 0.381 e. The van der Waals surface area contributed by atoms with Gasteiger partial charge < -0.3 is 5.32 Å². The first-order chi connectivity index (χ1) is 9.88. The SMILES string of the molecule is Cc1cc([N+](=O)[O-])c(Cl)cc1NCc1cc(Br)ccc1Cl. The maximum Gasteiger partial charge on any atom is 0.288 e. The smallest absolute Gasteiger partial charge is 0.288 e. The minimum absolute atomic E-state index is 0.0970. The van der Waals surface area contributed by atoms with E-state index in [2.05, 4.69) is 21.2 Å². The van der Waals surface area contributed by atoms with Crippen molar-refractivity contribution >= 4 is 50.5 Å². The maximum atomic E-state index is 10.8. The second kappa shape index (κ2) is 6.64. The number of hydrogen-bond donors (Lipinski definition) is 1. The predicted molar refractivity (Wildman–Crippen MR) is 89.3 cm³/mol. The number of nitro benzene ring substituents is 1. The van der Waals surface area contributed by atoms with Gasteiger partial charge in [0.1, 0.15) is 5.02 Å². The van der Waals surface area contributed by atoms with Crippen molar-refractivity contribution in [2.75, 3.05) is 5.32 Å². The Morgan fingerprint density at radius 3 is 2.62 bits per heavy atom. The third kappa shape index (κ3) is 3.87. The molecule has 1 N–H and O–H groups in total. The fourth-order valence-electron chi connectivity index (χ4n) is 1.87. The van der Waals surface area contributed by atoms with E-state index in [0.29, 0.717) is 11.6 Å². The number of rotatable bonds is 4. The van der Waals surface area contributed by atoms with Crippen molar-refractivity contribution in [3.63, 3.8) is 0 Å². The second-order valence-corrected chi connectivity index (χ2v) is 6.20. The van der Waals surface area contributed by atoms with E-state index in [1.165, 1.54) is 6.07 Å². The van der Waals surface area contributed by atoms with Gasteiger partial charge in [-0.25, -0.2) is 0 Å². The number of aryl methyl sites for hydroxylation is 1. The summed E-state index contributed by atoms with van der Waals surface area (Å²) in [6, 6.07) is 8.59. The second-order valence-electron chi connectivity index (χ2n) is 4.46. The molecule has 4 nitrogen and oxygen atoms in total. The van der Waals surface area contributed by atoms with Crippen LogP contribution in [0.15, 0.2) is 34.8 Å². The standard InChI is InChI=1S/C14H11BrCl2N2O2/c1-8-4-14(19(20)21)12(17)6-13(8)18-7-9-5-10(15)2-3-11(9)16/h2-6,18H,7H2,1H3. The lowest BCUT2D eigenvalue weighted by atomic mass is 10.1. The normalized spacial score (nSPS) is 10.5. The molecule has 0 saturated heterocycles. The molecule has 0 heterocycles. The van der Waals surface area contributed by atoms with E-state index >= 15 is 0 Å². The Kier molecular flexibility index (Phi) is 5.08. The lowest BCUT2D eigenvalue weighted by Gasteiger charge is -2.11. The Morgan fingerprint density at radius 2 is 1.95 bits per heavy atom. The third-order valence-corrected chi connectivity index (χ3v) is 4.13. The van der Waals surface area contributed by atoms with Crippen LogP contribution in [0, 0.1) is 17.0 Å². The zero-order valence-corrected chi connectivity index (χ0v) is 14.1. The van der Waals surface area contributed by atoms with Crippen LogP contribution in [0.2, 0.25) is 10.0 Å². The Hall–Kier alpha value is -1.30. The summed E-state index contributed by atoms with van der Waals surface area (Å²) in [6.45, 7) is 2.28. The van der Waals surface area contributed by atoms with Gasteiger partial charge >= 0.3 is 0 Å². The highest BCUT2D eigenvalue weighted by Crippen LogP contribution is 2.31. The van der Waals surface area contributed by atoms with Gasteiger partial charge in [0.15, 0.2) is 0 Å². The quantitative estimate of drug-likeness (QED) is 0.548. The van der Waals surface area contributed by atoms with Crippen LogP contribution in [-0.4, -0.2) is 4.92 Å². The van der Waals surface area contributed by atoms with Crippen LogP contribution in [0.4, 0.5) is 11.4 Å². The van der Waals surface area contributed by atoms with Crippen LogP contribution in [0.25, 0.3) is 0 Å². The van der Waals surface area contributed by atoms with E-state index in [0.717, 1.165) is 21.3 Å². The maximum absolute atomic E-state index is 10.8. The van der Waals surface area contributed by atoms with Gasteiger partial charge in [-0.1, -0.05) is 39.1 Å². The molecule has 2 aromatic carbocycles. The molecule has 0 amide bonds. The van der Waals surface area contributed by atoms with Gasteiger partial charge in [0.25, 0.3) is 5.69 Å². The van der Waals surface area contributed by atoms with E-state index in [1.807, 2.05) is 12.1 Å². The lowest BCUT2D eigenvalue weighted by Crippen LogP contribution is -2.02.